The number of amides is 2. The van der Waals surface area contributed by atoms with Crippen LogP contribution in [0.3, 0.4) is 0 Å². The highest BCUT2D eigenvalue weighted by Gasteiger charge is 2.36. The number of hydrogen-bond acceptors (Lipinski definition) is 5. The number of halogens is 1. The smallest absolute Gasteiger partial charge is 0.338 e. The van der Waals surface area contributed by atoms with Crippen LogP contribution in [0.15, 0.2) is 27.9 Å². The van der Waals surface area contributed by atoms with E-state index in [4.69, 9.17) is 14.2 Å². The van der Waals surface area contributed by atoms with Crippen LogP contribution in [0.25, 0.3) is 0 Å². The van der Waals surface area contributed by atoms with E-state index in [2.05, 4.69) is 33.5 Å². The number of nitrogens with one attached hydrogen (secondary N) is 2. The molecule has 8 heteroatoms. The van der Waals surface area contributed by atoms with Crippen molar-refractivity contribution in [1.29, 1.82) is 0 Å². The zero-order valence-electron chi connectivity index (χ0n) is 15.1. The predicted octanol–water partition coefficient (Wildman–Crippen LogP) is 3.54. The molecule has 27 heavy (non-hydrogen) atoms. The first-order valence-electron chi connectivity index (χ1n) is 9.02. The Morgan fingerprint density at radius 1 is 1.26 bits per heavy atom. The summed E-state index contributed by atoms with van der Waals surface area (Å²) in [7, 11) is 0. The predicted molar refractivity (Wildman–Crippen MR) is 100 cm³/mol. The minimum absolute atomic E-state index is 0.0868. The highest BCUT2D eigenvalue weighted by molar-refractivity contribution is 9.10. The molecule has 144 valence electrons. The Labute approximate surface area is 165 Å². The molecule has 4 rings (SSSR count). The lowest BCUT2D eigenvalue weighted by molar-refractivity contribution is -0.146. The standard InChI is InChI=1S/C19H21BrN2O5/c1-9-4-3-5-13(9)27-18(23)16-10(2)21-19(24)22-17(16)11-6-14-15(7-12(11)20)26-8-25-14/h6-7,9,13,17H,3-5,8H2,1-2H3,(H2,21,22,24)/t9-,13-,17+/m0/s1. The molecule has 1 aromatic carbocycles. The first-order valence-corrected chi connectivity index (χ1v) is 9.81. The SMILES string of the molecule is CC1=C(C(=O)O[C@H]2CCC[C@@H]2C)[C@@H](c2cc3c(cc2Br)OCO3)NC(=O)N1. The van der Waals surface area contributed by atoms with E-state index in [-0.39, 0.29) is 18.9 Å². The zero-order valence-corrected chi connectivity index (χ0v) is 16.7. The first-order chi connectivity index (χ1) is 12.9. The van der Waals surface area contributed by atoms with Crippen molar-refractivity contribution in [3.63, 3.8) is 0 Å². The van der Waals surface area contributed by atoms with E-state index in [0.717, 1.165) is 19.3 Å². The Hall–Kier alpha value is -2.22. The summed E-state index contributed by atoms with van der Waals surface area (Å²) in [6.45, 7) is 3.95. The highest BCUT2D eigenvalue weighted by Crippen LogP contribution is 2.42. The number of benzene rings is 1. The number of allylic oxidation sites excluding steroid dienone is 1. The van der Waals surface area contributed by atoms with Crippen LogP contribution in [-0.2, 0) is 9.53 Å². The molecule has 1 aromatic rings. The molecule has 1 aliphatic carbocycles. The van der Waals surface area contributed by atoms with Gasteiger partial charge in [0.1, 0.15) is 6.10 Å². The second kappa shape index (κ2) is 7.07. The fourth-order valence-corrected chi connectivity index (χ4v) is 4.39. The van der Waals surface area contributed by atoms with Gasteiger partial charge in [0.05, 0.1) is 11.6 Å². The third kappa shape index (κ3) is 3.38. The lowest BCUT2D eigenvalue weighted by Gasteiger charge is -2.30. The first kappa shape index (κ1) is 18.2. The Balaban J connectivity index is 1.68. The Morgan fingerprint density at radius 2 is 2.00 bits per heavy atom. The van der Waals surface area contributed by atoms with Crippen LogP contribution in [0, 0.1) is 5.92 Å². The number of rotatable bonds is 3. The van der Waals surface area contributed by atoms with Gasteiger partial charge < -0.3 is 24.8 Å². The largest absolute Gasteiger partial charge is 0.459 e. The minimum Gasteiger partial charge on any atom is -0.459 e. The minimum atomic E-state index is -0.646. The molecule has 0 radical (unpaired) electrons. The van der Waals surface area contributed by atoms with Crippen molar-refractivity contribution in [3.05, 3.63) is 33.4 Å². The Bertz CT molecular complexity index is 838. The fraction of sp³-hybridized carbons (Fsp3) is 0.474. The number of hydrogen-bond donors (Lipinski definition) is 2. The van der Waals surface area contributed by atoms with Crippen molar-refractivity contribution in [2.24, 2.45) is 5.92 Å². The van der Waals surface area contributed by atoms with E-state index in [1.807, 2.05) is 0 Å². The van der Waals surface area contributed by atoms with Gasteiger partial charge in [-0.1, -0.05) is 22.9 Å². The molecule has 7 nitrogen and oxygen atoms in total. The number of esters is 1. The molecule has 2 aliphatic heterocycles. The van der Waals surface area contributed by atoms with E-state index in [9.17, 15) is 9.59 Å². The normalized spacial score (nSPS) is 26.6. The van der Waals surface area contributed by atoms with Crippen molar-refractivity contribution in [1.82, 2.24) is 10.6 Å². The number of carbonyl (C=O) groups excluding carboxylic acids is 2. The molecular weight excluding hydrogens is 416 g/mol. The van der Waals surface area contributed by atoms with Crippen molar-refractivity contribution >= 4 is 27.9 Å². The summed E-state index contributed by atoms with van der Waals surface area (Å²) in [6.07, 6.45) is 2.90. The molecular formula is C19H21BrN2O5. The summed E-state index contributed by atoms with van der Waals surface area (Å²) in [6, 6.07) is 2.55. The number of ether oxygens (including phenoxy) is 3. The summed E-state index contributed by atoms with van der Waals surface area (Å²) in [5.74, 6) is 1.14. The Morgan fingerprint density at radius 3 is 2.70 bits per heavy atom. The van der Waals surface area contributed by atoms with Gasteiger partial charge in [-0.2, -0.15) is 0 Å². The van der Waals surface area contributed by atoms with Crippen LogP contribution >= 0.6 is 15.9 Å². The molecule has 0 bridgehead atoms. The number of urea groups is 1. The average molecular weight is 437 g/mol. The molecule has 2 amide bonds. The molecule has 3 aliphatic rings. The van der Waals surface area contributed by atoms with Gasteiger partial charge in [-0.3, -0.25) is 0 Å². The topological polar surface area (TPSA) is 85.9 Å². The van der Waals surface area contributed by atoms with E-state index < -0.39 is 12.0 Å². The average Bonchev–Trinajstić information content (AvgIpc) is 3.22. The second-order valence-corrected chi connectivity index (χ2v) is 8.00. The van der Waals surface area contributed by atoms with Gasteiger partial charge in [0.15, 0.2) is 11.5 Å². The van der Waals surface area contributed by atoms with E-state index in [1.54, 1.807) is 19.1 Å². The fourth-order valence-electron chi connectivity index (χ4n) is 3.84. The summed E-state index contributed by atoms with van der Waals surface area (Å²) in [4.78, 5) is 25.1. The van der Waals surface area contributed by atoms with Crippen LogP contribution in [0.4, 0.5) is 4.79 Å². The number of fused-ring (bicyclic) bond motifs is 1. The van der Waals surface area contributed by atoms with E-state index in [1.165, 1.54) is 0 Å². The van der Waals surface area contributed by atoms with Crippen LogP contribution < -0.4 is 20.1 Å². The molecule has 2 N–H and O–H groups in total. The summed E-state index contributed by atoms with van der Waals surface area (Å²) < 4.78 is 17.3. The highest BCUT2D eigenvalue weighted by atomic mass is 79.9. The van der Waals surface area contributed by atoms with Crippen LogP contribution in [-0.4, -0.2) is 24.9 Å². The maximum absolute atomic E-state index is 13.0. The van der Waals surface area contributed by atoms with Gasteiger partial charge in [-0.05, 0) is 49.8 Å². The molecule has 0 aromatic heterocycles. The summed E-state index contributed by atoms with van der Waals surface area (Å²) in [5, 5.41) is 5.50. The van der Waals surface area contributed by atoms with Crippen molar-refractivity contribution in [2.75, 3.05) is 6.79 Å². The summed E-state index contributed by atoms with van der Waals surface area (Å²) >= 11 is 3.52. The number of carbonyl (C=O) groups is 2. The summed E-state index contributed by atoms with van der Waals surface area (Å²) in [5.41, 5.74) is 1.59. The van der Waals surface area contributed by atoms with E-state index in [0.29, 0.717) is 38.7 Å². The van der Waals surface area contributed by atoms with Crippen molar-refractivity contribution in [2.45, 2.75) is 45.3 Å². The van der Waals surface area contributed by atoms with Gasteiger partial charge in [-0.15, -0.1) is 0 Å². The second-order valence-electron chi connectivity index (χ2n) is 7.15. The molecule has 1 saturated carbocycles. The van der Waals surface area contributed by atoms with Gasteiger partial charge >= 0.3 is 12.0 Å². The monoisotopic (exact) mass is 436 g/mol. The molecule has 2 heterocycles. The van der Waals surface area contributed by atoms with Crippen LogP contribution in [0.1, 0.15) is 44.7 Å². The molecule has 0 unspecified atom stereocenters. The van der Waals surface area contributed by atoms with Gasteiger partial charge in [0, 0.05) is 10.2 Å². The molecule has 0 saturated heterocycles. The molecule has 3 atom stereocenters. The third-order valence-electron chi connectivity index (χ3n) is 5.33. The lowest BCUT2D eigenvalue weighted by atomic mass is 9.95. The lowest BCUT2D eigenvalue weighted by Crippen LogP contribution is -2.45. The zero-order chi connectivity index (χ0) is 19.1. The van der Waals surface area contributed by atoms with Gasteiger partial charge in [0.2, 0.25) is 6.79 Å². The van der Waals surface area contributed by atoms with Crippen LogP contribution in [0.2, 0.25) is 0 Å². The van der Waals surface area contributed by atoms with E-state index >= 15 is 0 Å². The quantitative estimate of drug-likeness (QED) is 0.707. The molecule has 0 spiro atoms. The van der Waals surface area contributed by atoms with Gasteiger partial charge in [0.25, 0.3) is 0 Å². The molecule has 1 fully saturated rings. The maximum Gasteiger partial charge on any atom is 0.338 e. The third-order valence-corrected chi connectivity index (χ3v) is 6.02. The maximum atomic E-state index is 13.0. The van der Waals surface area contributed by atoms with Crippen LogP contribution in [0.5, 0.6) is 11.5 Å². The van der Waals surface area contributed by atoms with Crippen molar-refractivity contribution in [3.8, 4) is 11.5 Å². The van der Waals surface area contributed by atoms with Crippen molar-refractivity contribution < 1.29 is 23.8 Å². The van der Waals surface area contributed by atoms with Gasteiger partial charge in [-0.25, -0.2) is 9.59 Å². The Kier molecular flexibility index (Phi) is 4.75.